The van der Waals surface area contributed by atoms with E-state index in [2.05, 4.69) is 16.4 Å². The molecule has 0 aliphatic heterocycles. The van der Waals surface area contributed by atoms with Crippen LogP contribution < -0.4 is 5.32 Å². The SMILES string of the molecule is CC(C)[C@](C)(C#N)NC(=O)COC(=O)c1cc(-c2cccs2)nc2ccccc12. The quantitative estimate of drug-likeness (QED) is 0.619. The van der Waals surface area contributed by atoms with Crippen LogP contribution in [0.1, 0.15) is 31.1 Å². The highest BCUT2D eigenvalue weighted by molar-refractivity contribution is 7.13. The molecular formula is C22H21N3O3S. The highest BCUT2D eigenvalue weighted by atomic mass is 32.1. The van der Waals surface area contributed by atoms with Crippen LogP contribution in [-0.2, 0) is 9.53 Å². The molecule has 3 rings (SSSR count). The number of hydrogen-bond acceptors (Lipinski definition) is 6. The first-order chi connectivity index (χ1) is 13.8. The fraction of sp³-hybridized carbons (Fsp3) is 0.273. The lowest BCUT2D eigenvalue weighted by Crippen LogP contribution is -2.50. The normalized spacial score (nSPS) is 12.9. The molecule has 148 valence electrons. The van der Waals surface area contributed by atoms with E-state index in [0.717, 1.165) is 4.88 Å². The van der Waals surface area contributed by atoms with E-state index in [9.17, 15) is 14.9 Å². The van der Waals surface area contributed by atoms with E-state index in [1.165, 1.54) is 11.3 Å². The number of aromatic nitrogens is 1. The number of benzene rings is 1. The van der Waals surface area contributed by atoms with Crippen molar-refractivity contribution in [2.45, 2.75) is 26.3 Å². The largest absolute Gasteiger partial charge is 0.452 e. The number of carbonyl (C=O) groups is 2. The molecule has 0 aliphatic carbocycles. The lowest BCUT2D eigenvalue weighted by molar-refractivity contribution is -0.125. The predicted molar refractivity (Wildman–Crippen MR) is 112 cm³/mol. The number of amides is 1. The van der Waals surface area contributed by atoms with Crippen LogP contribution in [0.3, 0.4) is 0 Å². The monoisotopic (exact) mass is 407 g/mol. The minimum absolute atomic E-state index is 0.0929. The Hall–Kier alpha value is -3.24. The van der Waals surface area contributed by atoms with Gasteiger partial charge in [0.25, 0.3) is 5.91 Å². The maximum atomic E-state index is 12.8. The number of ether oxygens (including phenoxy) is 1. The van der Waals surface area contributed by atoms with Crippen LogP contribution in [0.25, 0.3) is 21.5 Å². The van der Waals surface area contributed by atoms with Crippen LogP contribution in [-0.4, -0.2) is 29.0 Å². The number of nitrogens with one attached hydrogen (secondary N) is 1. The lowest BCUT2D eigenvalue weighted by Gasteiger charge is -2.27. The second kappa shape index (κ2) is 8.41. The number of hydrogen-bond donors (Lipinski definition) is 1. The van der Waals surface area contributed by atoms with Crippen LogP contribution in [0, 0.1) is 17.2 Å². The summed E-state index contributed by atoms with van der Waals surface area (Å²) in [7, 11) is 0. The smallest absolute Gasteiger partial charge is 0.339 e. The number of carbonyl (C=O) groups excluding carboxylic acids is 2. The second-order valence-electron chi connectivity index (χ2n) is 7.14. The van der Waals surface area contributed by atoms with E-state index >= 15 is 0 Å². The van der Waals surface area contributed by atoms with Crippen molar-refractivity contribution in [2.75, 3.05) is 6.61 Å². The van der Waals surface area contributed by atoms with E-state index in [1.807, 2.05) is 49.6 Å². The van der Waals surface area contributed by atoms with E-state index in [-0.39, 0.29) is 5.92 Å². The van der Waals surface area contributed by atoms with Gasteiger partial charge in [-0.05, 0) is 36.4 Å². The van der Waals surface area contributed by atoms with Crippen LogP contribution in [0.5, 0.6) is 0 Å². The third-order valence-corrected chi connectivity index (χ3v) is 5.72. The Morgan fingerprint density at radius 2 is 2.03 bits per heavy atom. The van der Waals surface area contributed by atoms with Crippen molar-refractivity contribution in [3.05, 3.63) is 53.4 Å². The summed E-state index contributed by atoms with van der Waals surface area (Å²) in [5, 5.41) is 14.5. The Bertz CT molecular complexity index is 1090. The fourth-order valence-corrected chi connectivity index (χ4v) is 3.42. The van der Waals surface area contributed by atoms with Crippen molar-refractivity contribution in [3.63, 3.8) is 0 Å². The molecule has 1 N–H and O–H groups in total. The predicted octanol–water partition coefficient (Wildman–Crippen LogP) is 4.17. The van der Waals surface area contributed by atoms with Crippen LogP contribution in [0.4, 0.5) is 0 Å². The molecule has 0 fully saturated rings. The van der Waals surface area contributed by atoms with Gasteiger partial charge in [-0.2, -0.15) is 5.26 Å². The van der Waals surface area contributed by atoms with Gasteiger partial charge >= 0.3 is 5.97 Å². The molecular weight excluding hydrogens is 386 g/mol. The van der Waals surface area contributed by atoms with Gasteiger partial charge in [0.1, 0.15) is 5.54 Å². The Morgan fingerprint density at radius 3 is 2.69 bits per heavy atom. The first kappa shape index (κ1) is 20.5. The Labute approximate surface area is 173 Å². The zero-order valence-corrected chi connectivity index (χ0v) is 17.2. The van der Waals surface area contributed by atoms with Gasteiger partial charge in [0.05, 0.1) is 27.7 Å². The minimum Gasteiger partial charge on any atom is -0.452 e. The maximum Gasteiger partial charge on any atom is 0.339 e. The first-order valence-electron chi connectivity index (χ1n) is 9.17. The summed E-state index contributed by atoms with van der Waals surface area (Å²) < 4.78 is 5.26. The molecule has 0 unspecified atom stereocenters. The molecule has 0 saturated heterocycles. The zero-order chi connectivity index (χ0) is 21.0. The fourth-order valence-electron chi connectivity index (χ4n) is 2.73. The van der Waals surface area contributed by atoms with Crippen LogP contribution in [0.2, 0.25) is 0 Å². The van der Waals surface area contributed by atoms with Gasteiger partial charge in [0.15, 0.2) is 6.61 Å². The third-order valence-electron chi connectivity index (χ3n) is 4.83. The summed E-state index contributed by atoms with van der Waals surface area (Å²) in [6.07, 6.45) is 0. The molecule has 6 nitrogen and oxygen atoms in total. The Kier molecular flexibility index (Phi) is 5.95. The van der Waals surface area contributed by atoms with Crippen molar-refractivity contribution < 1.29 is 14.3 Å². The standard InChI is InChI=1S/C22H21N3O3S/c1-14(2)22(3,13-23)25-20(26)12-28-21(27)16-11-18(19-9-6-10-29-19)24-17-8-5-4-7-15(16)17/h4-11,14H,12H2,1-3H3,(H,25,26)/t22-/m0/s1. The second-order valence-corrected chi connectivity index (χ2v) is 8.09. The van der Waals surface area contributed by atoms with Crippen molar-refractivity contribution in [3.8, 4) is 16.6 Å². The maximum absolute atomic E-state index is 12.8. The Morgan fingerprint density at radius 1 is 1.28 bits per heavy atom. The Balaban J connectivity index is 1.82. The van der Waals surface area contributed by atoms with Crippen LogP contribution in [0.15, 0.2) is 47.8 Å². The molecule has 29 heavy (non-hydrogen) atoms. The molecule has 1 atom stereocenters. The zero-order valence-electron chi connectivity index (χ0n) is 16.4. The summed E-state index contributed by atoms with van der Waals surface area (Å²) in [6.45, 7) is 4.85. The number of esters is 1. The van der Waals surface area contributed by atoms with Crippen molar-refractivity contribution in [1.82, 2.24) is 10.3 Å². The van der Waals surface area contributed by atoms with Gasteiger partial charge in [-0.3, -0.25) is 4.79 Å². The summed E-state index contributed by atoms with van der Waals surface area (Å²) in [5.41, 5.74) is 0.663. The molecule has 2 aromatic heterocycles. The van der Waals surface area contributed by atoms with Gasteiger partial charge in [0.2, 0.25) is 0 Å². The van der Waals surface area contributed by atoms with Gasteiger partial charge in [-0.15, -0.1) is 11.3 Å². The molecule has 3 aromatic rings. The van der Waals surface area contributed by atoms with Gasteiger partial charge in [0, 0.05) is 5.39 Å². The van der Waals surface area contributed by atoms with Crippen molar-refractivity contribution >= 4 is 34.1 Å². The van der Waals surface area contributed by atoms with E-state index in [0.29, 0.717) is 22.2 Å². The minimum atomic E-state index is -1.03. The summed E-state index contributed by atoms with van der Waals surface area (Å²) in [6, 6.07) is 14.9. The molecule has 0 radical (unpaired) electrons. The molecule has 0 bridgehead atoms. The number of rotatable bonds is 6. The van der Waals surface area contributed by atoms with E-state index < -0.39 is 24.0 Å². The molecule has 1 aromatic carbocycles. The number of fused-ring (bicyclic) bond motifs is 1. The average Bonchev–Trinajstić information content (AvgIpc) is 3.25. The molecule has 0 aliphatic rings. The number of nitriles is 1. The molecule has 0 saturated carbocycles. The summed E-state index contributed by atoms with van der Waals surface area (Å²) in [5.74, 6) is -1.22. The third kappa shape index (κ3) is 4.44. The van der Waals surface area contributed by atoms with Gasteiger partial charge in [-0.1, -0.05) is 38.1 Å². The first-order valence-corrected chi connectivity index (χ1v) is 10.0. The molecule has 2 heterocycles. The number of nitrogens with zero attached hydrogens (tertiary/aromatic N) is 2. The van der Waals surface area contributed by atoms with Crippen molar-refractivity contribution in [2.24, 2.45) is 5.92 Å². The van der Waals surface area contributed by atoms with Gasteiger partial charge < -0.3 is 10.1 Å². The van der Waals surface area contributed by atoms with Gasteiger partial charge in [-0.25, -0.2) is 9.78 Å². The lowest BCUT2D eigenvalue weighted by atomic mass is 9.90. The number of para-hydroxylation sites is 1. The number of pyridine rings is 1. The molecule has 7 heteroatoms. The van der Waals surface area contributed by atoms with E-state index in [4.69, 9.17) is 4.74 Å². The van der Waals surface area contributed by atoms with Crippen LogP contribution >= 0.6 is 11.3 Å². The highest BCUT2D eigenvalue weighted by Gasteiger charge is 2.30. The number of thiophene rings is 1. The average molecular weight is 407 g/mol. The highest BCUT2D eigenvalue weighted by Crippen LogP contribution is 2.28. The van der Waals surface area contributed by atoms with E-state index in [1.54, 1.807) is 19.1 Å². The van der Waals surface area contributed by atoms with Crippen molar-refractivity contribution in [1.29, 1.82) is 5.26 Å². The molecule has 0 spiro atoms. The topological polar surface area (TPSA) is 92.1 Å². The summed E-state index contributed by atoms with van der Waals surface area (Å²) in [4.78, 5) is 30.5. The molecule has 1 amide bonds. The summed E-state index contributed by atoms with van der Waals surface area (Å²) >= 11 is 1.53.